The summed E-state index contributed by atoms with van der Waals surface area (Å²) >= 11 is 5.92. The van der Waals surface area contributed by atoms with Crippen molar-refractivity contribution >= 4 is 23.2 Å². The van der Waals surface area contributed by atoms with Crippen LogP contribution < -0.4 is 11.1 Å². The first-order valence-electron chi connectivity index (χ1n) is 5.84. The third-order valence-corrected chi connectivity index (χ3v) is 2.95. The number of rotatable bonds is 3. The lowest BCUT2D eigenvalue weighted by Crippen LogP contribution is -2.27. The molecule has 0 fully saturated rings. The fourth-order valence-electron chi connectivity index (χ4n) is 1.70. The van der Waals surface area contributed by atoms with Crippen molar-refractivity contribution in [1.29, 1.82) is 0 Å². The van der Waals surface area contributed by atoms with E-state index in [4.69, 9.17) is 17.3 Å². The van der Waals surface area contributed by atoms with Crippen molar-refractivity contribution in [3.63, 3.8) is 0 Å². The number of amides is 1. The molecule has 0 aliphatic heterocycles. The zero-order valence-corrected chi connectivity index (χ0v) is 11.2. The van der Waals surface area contributed by atoms with Gasteiger partial charge in [-0.1, -0.05) is 23.7 Å². The second-order valence-electron chi connectivity index (χ2n) is 4.22. The molecule has 1 atom stereocenters. The van der Waals surface area contributed by atoms with Crippen LogP contribution in [0.2, 0.25) is 5.02 Å². The molecule has 1 amide bonds. The Bertz CT molecular complexity index is 601. The van der Waals surface area contributed by atoms with Crippen molar-refractivity contribution in [3.8, 4) is 0 Å². The molecule has 3 N–H and O–H groups in total. The van der Waals surface area contributed by atoms with Gasteiger partial charge in [0.05, 0.1) is 6.04 Å². The zero-order chi connectivity index (χ0) is 13.8. The number of benzene rings is 1. The molecule has 1 aromatic heterocycles. The third-order valence-electron chi connectivity index (χ3n) is 2.71. The fraction of sp³-hybridized carbons (Fsp3) is 0.143. The Hall–Kier alpha value is -2.07. The summed E-state index contributed by atoms with van der Waals surface area (Å²) in [5, 5.41) is 3.49. The highest BCUT2D eigenvalue weighted by atomic mass is 35.5. The average Bonchev–Trinajstić information content (AvgIpc) is 2.38. The number of hydrogen-bond acceptors (Lipinski definition) is 3. The molecule has 0 saturated heterocycles. The van der Waals surface area contributed by atoms with Crippen molar-refractivity contribution in [2.24, 2.45) is 0 Å². The molecule has 1 aromatic carbocycles. The molecule has 0 spiro atoms. The summed E-state index contributed by atoms with van der Waals surface area (Å²) in [6.07, 6.45) is 1.51. The Balaban J connectivity index is 2.11. The van der Waals surface area contributed by atoms with E-state index in [1.54, 1.807) is 18.2 Å². The van der Waals surface area contributed by atoms with Gasteiger partial charge < -0.3 is 11.1 Å². The van der Waals surface area contributed by atoms with Crippen LogP contribution in [0.1, 0.15) is 29.0 Å². The summed E-state index contributed by atoms with van der Waals surface area (Å²) in [6.45, 7) is 1.88. The lowest BCUT2D eigenvalue weighted by atomic mass is 10.1. The van der Waals surface area contributed by atoms with Crippen LogP contribution in [0.4, 0.5) is 5.69 Å². The molecule has 2 rings (SSSR count). The first-order valence-corrected chi connectivity index (χ1v) is 6.22. The Labute approximate surface area is 116 Å². The lowest BCUT2D eigenvalue weighted by Gasteiger charge is -2.14. The first-order chi connectivity index (χ1) is 9.06. The van der Waals surface area contributed by atoms with Crippen LogP contribution >= 0.6 is 11.6 Å². The topological polar surface area (TPSA) is 68.0 Å². The smallest absolute Gasteiger partial charge is 0.270 e. The van der Waals surface area contributed by atoms with Gasteiger partial charge in [-0.15, -0.1) is 0 Å². The number of halogens is 1. The molecule has 0 bridgehead atoms. The van der Waals surface area contributed by atoms with Gasteiger partial charge in [-0.25, -0.2) is 0 Å². The quantitative estimate of drug-likeness (QED) is 0.905. The van der Waals surface area contributed by atoms with Gasteiger partial charge in [0, 0.05) is 16.9 Å². The second-order valence-corrected chi connectivity index (χ2v) is 4.66. The van der Waals surface area contributed by atoms with Crippen molar-refractivity contribution in [1.82, 2.24) is 10.3 Å². The number of nitrogens with zero attached hydrogens (tertiary/aromatic N) is 1. The molecule has 1 unspecified atom stereocenters. The Morgan fingerprint density at radius 2 is 2.16 bits per heavy atom. The van der Waals surface area contributed by atoms with Crippen molar-refractivity contribution in [2.45, 2.75) is 13.0 Å². The molecule has 0 radical (unpaired) electrons. The Morgan fingerprint density at radius 1 is 1.37 bits per heavy atom. The number of carbonyl (C=O) groups is 1. The van der Waals surface area contributed by atoms with E-state index in [1.165, 1.54) is 6.20 Å². The second kappa shape index (κ2) is 5.71. The molecular formula is C14H14ClN3O. The molecule has 1 heterocycles. The molecule has 4 nitrogen and oxygen atoms in total. The van der Waals surface area contributed by atoms with Crippen LogP contribution in [0.25, 0.3) is 0 Å². The minimum absolute atomic E-state index is 0.158. The highest BCUT2D eigenvalue weighted by molar-refractivity contribution is 6.30. The van der Waals surface area contributed by atoms with Crippen LogP contribution in [0.5, 0.6) is 0 Å². The third kappa shape index (κ3) is 3.45. The van der Waals surface area contributed by atoms with Crippen LogP contribution in [0.3, 0.4) is 0 Å². The predicted octanol–water partition coefficient (Wildman–Crippen LogP) is 2.81. The van der Waals surface area contributed by atoms with Crippen LogP contribution in [0, 0.1) is 0 Å². The summed E-state index contributed by atoms with van der Waals surface area (Å²) < 4.78 is 0. The van der Waals surface area contributed by atoms with Crippen molar-refractivity contribution in [3.05, 3.63) is 58.9 Å². The largest absolute Gasteiger partial charge is 0.399 e. The number of pyridine rings is 1. The first kappa shape index (κ1) is 13.4. The van der Waals surface area contributed by atoms with Gasteiger partial charge in [0.25, 0.3) is 5.91 Å². The molecule has 2 aromatic rings. The number of aromatic nitrogens is 1. The minimum atomic E-state index is -0.264. The van der Waals surface area contributed by atoms with Gasteiger partial charge in [-0.3, -0.25) is 9.78 Å². The molecule has 0 aliphatic rings. The summed E-state index contributed by atoms with van der Waals surface area (Å²) in [5.41, 5.74) is 7.37. The van der Waals surface area contributed by atoms with E-state index >= 15 is 0 Å². The minimum Gasteiger partial charge on any atom is -0.399 e. The van der Waals surface area contributed by atoms with Crippen LogP contribution in [-0.4, -0.2) is 10.9 Å². The molecule has 0 aliphatic carbocycles. The van der Waals surface area contributed by atoms with E-state index in [0.29, 0.717) is 16.4 Å². The van der Waals surface area contributed by atoms with E-state index in [2.05, 4.69) is 10.3 Å². The number of nitrogens with two attached hydrogens (primary N) is 1. The number of hydrogen-bond donors (Lipinski definition) is 2. The van der Waals surface area contributed by atoms with E-state index in [0.717, 1.165) is 5.56 Å². The fourth-order valence-corrected chi connectivity index (χ4v) is 1.90. The summed E-state index contributed by atoms with van der Waals surface area (Å²) in [4.78, 5) is 16.0. The average molecular weight is 276 g/mol. The van der Waals surface area contributed by atoms with Crippen LogP contribution in [-0.2, 0) is 0 Å². The van der Waals surface area contributed by atoms with Crippen molar-refractivity contribution in [2.75, 3.05) is 5.73 Å². The zero-order valence-electron chi connectivity index (χ0n) is 10.4. The van der Waals surface area contributed by atoms with E-state index in [9.17, 15) is 4.79 Å². The van der Waals surface area contributed by atoms with Gasteiger partial charge in [-0.2, -0.15) is 0 Å². The number of nitrogen functional groups attached to an aromatic ring is 1. The molecule has 0 saturated carbocycles. The predicted molar refractivity (Wildman–Crippen MR) is 76.0 cm³/mol. The van der Waals surface area contributed by atoms with Gasteiger partial charge in [0.2, 0.25) is 0 Å². The highest BCUT2D eigenvalue weighted by Gasteiger charge is 2.12. The Kier molecular flexibility index (Phi) is 4.02. The van der Waals surface area contributed by atoms with Gasteiger partial charge in [0.15, 0.2) is 0 Å². The monoisotopic (exact) mass is 275 g/mol. The van der Waals surface area contributed by atoms with Gasteiger partial charge in [0.1, 0.15) is 5.69 Å². The normalized spacial score (nSPS) is 11.9. The lowest BCUT2D eigenvalue weighted by molar-refractivity contribution is 0.0935. The van der Waals surface area contributed by atoms with E-state index < -0.39 is 0 Å². The van der Waals surface area contributed by atoms with E-state index in [-0.39, 0.29) is 11.9 Å². The van der Waals surface area contributed by atoms with Gasteiger partial charge in [-0.05, 0) is 36.8 Å². The van der Waals surface area contributed by atoms with Gasteiger partial charge >= 0.3 is 0 Å². The highest BCUT2D eigenvalue weighted by Crippen LogP contribution is 2.17. The molecular weight excluding hydrogens is 262 g/mol. The maximum absolute atomic E-state index is 12.0. The van der Waals surface area contributed by atoms with E-state index in [1.807, 2.05) is 25.1 Å². The summed E-state index contributed by atoms with van der Waals surface area (Å²) in [6, 6.07) is 10.4. The number of carbonyl (C=O) groups excluding carboxylic acids is 1. The van der Waals surface area contributed by atoms with Crippen molar-refractivity contribution < 1.29 is 4.79 Å². The Morgan fingerprint density at radius 3 is 2.84 bits per heavy atom. The number of nitrogens with one attached hydrogen (secondary N) is 1. The molecule has 19 heavy (non-hydrogen) atoms. The summed E-state index contributed by atoms with van der Waals surface area (Å²) in [7, 11) is 0. The standard InChI is InChI=1S/C14H14ClN3O/c1-9(10-3-2-4-11(15)7-10)18-14(19)13-8-12(16)5-6-17-13/h2-9H,1H3,(H2,16,17)(H,18,19). The SMILES string of the molecule is CC(NC(=O)c1cc(N)ccn1)c1cccc(Cl)c1. The maximum atomic E-state index is 12.0. The summed E-state index contributed by atoms with van der Waals surface area (Å²) in [5.74, 6) is -0.264. The molecule has 98 valence electrons. The van der Waals surface area contributed by atoms with Crippen LogP contribution in [0.15, 0.2) is 42.6 Å². The molecule has 5 heteroatoms. The number of anilines is 1. The maximum Gasteiger partial charge on any atom is 0.270 e.